The lowest BCUT2D eigenvalue weighted by Crippen LogP contribution is -2.48. The monoisotopic (exact) mass is 260 g/mol. The Labute approximate surface area is 100 Å². The molecule has 1 aromatic rings. The molecule has 1 aliphatic rings. The normalized spacial score (nSPS) is 22.8. The van der Waals surface area contributed by atoms with Crippen molar-refractivity contribution in [3.8, 4) is 0 Å². The minimum absolute atomic E-state index is 0.190. The molecule has 0 radical (unpaired) electrons. The quantitative estimate of drug-likeness (QED) is 0.734. The van der Waals surface area contributed by atoms with Crippen LogP contribution in [0.3, 0.4) is 0 Å². The van der Waals surface area contributed by atoms with Crippen molar-refractivity contribution in [2.45, 2.75) is 11.1 Å². The highest BCUT2D eigenvalue weighted by molar-refractivity contribution is 7.89. The van der Waals surface area contributed by atoms with E-state index < -0.39 is 10.0 Å². The molecule has 0 aliphatic carbocycles. The maximum atomic E-state index is 12.3. The van der Waals surface area contributed by atoms with E-state index >= 15 is 0 Å². The van der Waals surface area contributed by atoms with Gasteiger partial charge in [0, 0.05) is 26.7 Å². The molecule has 0 spiro atoms. The Morgan fingerprint density at radius 2 is 2.41 bits per heavy atom. The van der Waals surface area contributed by atoms with Crippen molar-refractivity contribution in [1.82, 2.24) is 14.1 Å². The Bertz CT molecular complexity index is 484. The van der Waals surface area contributed by atoms with Gasteiger partial charge in [0.2, 0.25) is 0 Å². The highest BCUT2D eigenvalue weighted by Gasteiger charge is 2.31. The maximum Gasteiger partial charge on any atom is 0.260 e. The first-order chi connectivity index (χ1) is 8.05. The first kappa shape index (κ1) is 12.5. The summed E-state index contributed by atoms with van der Waals surface area (Å²) >= 11 is 0. The summed E-state index contributed by atoms with van der Waals surface area (Å²) in [6.07, 6.45) is 1.24. The van der Waals surface area contributed by atoms with E-state index in [1.54, 1.807) is 7.05 Å². The zero-order valence-electron chi connectivity index (χ0n) is 9.61. The number of hydrogen-bond donors (Lipinski definition) is 1. The molecule has 1 aliphatic heterocycles. The lowest BCUT2D eigenvalue weighted by molar-refractivity contribution is 0.00437. The summed E-state index contributed by atoms with van der Waals surface area (Å²) < 4.78 is 32.7. The summed E-state index contributed by atoms with van der Waals surface area (Å²) in [6.45, 7) is 1.34. The molecule has 1 saturated heterocycles. The first-order valence-electron chi connectivity index (χ1n) is 5.35. The zero-order valence-corrected chi connectivity index (χ0v) is 10.4. The van der Waals surface area contributed by atoms with Crippen LogP contribution in [0.25, 0.3) is 0 Å². The predicted molar refractivity (Wildman–Crippen MR) is 60.8 cm³/mol. The third-order valence-corrected chi connectivity index (χ3v) is 4.68. The Hall–Kier alpha value is -0.960. The molecule has 8 heteroatoms. The van der Waals surface area contributed by atoms with Crippen LogP contribution in [-0.4, -0.2) is 54.8 Å². The molecule has 2 heterocycles. The van der Waals surface area contributed by atoms with E-state index in [0.29, 0.717) is 26.2 Å². The molecule has 2 N–H and O–H groups in total. The van der Waals surface area contributed by atoms with Crippen molar-refractivity contribution in [3.05, 3.63) is 12.3 Å². The summed E-state index contributed by atoms with van der Waals surface area (Å²) in [6, 6.07) is 1.49. The number of nitrogens with zero attached hydrogens (tertiary/aromatic N) is 3. The van der Waals surface area contributed by atoms with Crippen LogP contribution in [0.4, 0.5) is 0 Å². The Balaban J connectivity index is 2.24. The largest absolute Gasteiger partial charge is 0.374 e. The number of hydrogen-bond acceptors (Lipinski definition) is 5. The van der Waals surface area contributed by atoms with Gasteiger partial charge in [0.1, 0.15) is 0 Å². The average Bonchev–Trinajstić information content (AvgIpc) is 2.76. The van der Waals surface area contributed by atoms with Gasteiger partial charge in [-0.25, -0.2) is 8.42 Å². The summed E-state index contributed by atoms with van der Waals surface area (Å²) in [5.41, 5.74) is 5.49. The van der Waals surface area contributed by atoms with Crippen molar-refractivity contribution in [1.29, 1.82) is 0 Å². The van der Waals surface area contributed by atoms with E-state index in [0.717, 1.165) is 0 Å². The van der Waals surface area contributed by atoms with Gasteiger partial charge in [0.05, 0.1) is 18.9 Å². The van der Waals surface area contributed by atoms with Gasteiger partial charge in [-0.2, -0.15) is 9.40 Å². The second kappa shape index (κ2) is 4.73. The first-order valence-corrected chi connectivity index (χ1v) is 6.79. The Kier molecular flexibility index (Phi) is 3.48. The van der Waals surface area contributed by atoms with Crippen LogP contribution in [0.1, 0.15) is 0 Å². The number of ether oxygens (including phenoxy) is 1. The molecule has 17 heavy (non-hydrogen) atoms. The molecule has 7 nitrogen and oxygen atoms in total. The van der Waals surface area contributed by atoms with Crippen LogP contribution in [0.2, 0.25) is 0 Å². The van der Waals surface area contributed by atoms with Crippen molar-refractivity contribution in [3.63, 3.8) is 0 Å². The maximum absolute atomic E-state index is 12.3. The number of sulfonamides is 1. The molecule has 1 unspecified atom stereocenters. The van der Waals surface area contributed by atoms with Crippen LogP contribution in [0.15, 0.2) is 17.3 Å². The fourth-order valence-corrected chi connectivity index (χ4v) is 3.36. The molecular weight excluding hydrogens is 244 g/mol. The Morgan fingerprint density at radius 1 is 1.65 bits per heavy atom. The standard InChI is InChI=1S/C9H16N4O3S/c1-12-9(2-3-11-12)17(14,15)13-4-5-16-8(6-10)7-13/h2-3,8H,4-7,10H2,1H3. The van der Waals surface area contributed by atoms with Crippen molar-refractivity contribution >= 4 is 10.0 Å². The minimum Gasteiger partial charge on any atom is -0.374 e. The van der Waals surface area contributed by atoms with Gasteiger partial charge in [0.25, 0.3) is 10.0 Å². The van der Waals surface area contributed by atoms with E-state index in [4.69, 9.17) is 10.5 Å². The second-order valence-corrected chi connectivity index (χ2v) is 5.77. The minimum atomic E-state index is -3.49. The summed E-state index contributed by atoms with van der Waals surface area (Å²) in [4.78, 5) is 0. The SMILES string of the molecule is Cn1nccc1S(=O)(=O)N1CCOC(CN)C1. The third kappa shape index (κ3) is 2.34. The molecule has 2 rings (SSSR count). The average molecular weight is 260 g/mol. The van der Waals surface area contributed by atoms with Gasteiger partial charge in [-0.05, 0) is 6.07 Å². The zero-order chi connectivity index (χ0) is 12.5. The van der Waals surface area contributed by atoms with Gasteiger partial charge in [0.15, 0.2) is 5.03 Å². The lowest BCUT2D eigenvalue weighted by Gasteiger charge is -2.31. The van der Waals surface area contributed by atoms with Crippen molar-refractivity contribution in [2.75, 3.05) is 26.2 Å². The predicted octanol–water partition coefficient (Wildman–Crippen LogP) is -1.23. The van der Waals surface area contributed by atoms with Crippen LogP contribution >= 0.6 is 0 Å². The smallest absolute Gasteiger partial charge is 0.260 e. The van der Waals surface area contributed by atoms with Crippen LogP contribution in [0, 0.1) is 0 Å². The number of aryl methyl sites for hydroxylation is 1. The van der Waals surface area contributed by atoms with Gasteiger partial charge in [-0.1, -0.05) is 0 Å². The number of morpholine rings is 1. The lowest BCUT2D eigenvalue weighted by atomic mass is 10.3. The third-order valence-electron chi connectivity index (χ3n) is 2.74. The van der Waals surface area contributed by atoms with Crippen LogP contribution in [-0.2, 0) is 21.8 Å². The molecule has 1 atom stereocenters. The van der Waals surface area contributed by atoms with Gasteiger partial charge >= 0.3 is 0 Å². The Morgan fingerprint density at radius 3 is 3.00 bits per heavy atom. The fourth-order valence-electron chi connectivity index (χ4n) is 1.80. The molecule has 0 saturated carbocycles. The number of rotatable bonds is 3. The summed E-state index contributed by atoms with van der Waals surface area (Å²) in [7, 11) is -1.89. The van der Waals surface area contributed by atoms with E-state index in [2.05, 4.69) is 5.10 Å². The molecule has 1 aromatic heterocycles. The highest BCUT2D eigenvalue weighted by Crippen LogP contribution is 2.17. The summed E-state index contributed by atoms with van der Waals surface area (Å²) in [5.74, 6) is 0. The van der Waals surface area contributed by atoms with Gasteiger partial charge in [-0.15, -0.1) is 0 Å². The molecule has 0 aromatic carbocycles. The topological polar surface area (TPSA) is 90.5 Å². The van der Waals surface area contributed by atoms with E-state index in [1.165, 1.54) is 21.3 Å². The van der Waals surface area contributed by atoms with E-state index in [9.17, 15) is 8.42 Å². The second-order valence-electron chi connectivity index (χ2n) is 3.88. The number of aromatic nitrogens is 2. The molecule has 96 valence electrons. The molecule has 1 fully saturated rings. The summed E-state index contributed by atoms with van der Waals surface area (Å²) in [5, 5.41) is 4.06. The van der Waals surface area contributed by atoms with E-state index in [-0.39, 0.29) is 11.1 Å². The molecule has 0 bridgehead atoms. The van der Waals surface area contributed by atoms with Crippen LogP contribution < -0.4 is 5.73 Å². The van der Waals surface area contributed by atoms with E-state index in [1.807, 2.05) is 0 Å². The molecular formula is C9H16N4O3S. The van der Waals surface area contributed by atoms with Crippen molar-refractivity contribution in [2.24, 2.45) is 12.8 Å². The molecule has 0 amide bonds. The van der Waals surface area contributed by atoms with Crippen LogP contribution in [0.5, 0.6) is 0 Å². The fraction of sp³-hybridized carbons (Fsp3) is 0.667. The van der Waals surface area contributed by atoms with Gasteiger partial charge in [-0.3, -0.25) is 4.68 Å². The van der Waals surface area contributed by atoms with Crippen molar-refractivity contribution < 1.29 is 13.2 Å². The van der Waals surface area contributed by atoms with Gasteiger partial charge < -0.3 is 10.5 Å². The highest BCUT2D eigenvalue weighted by atomic mass is 32.2. The number of nitrogens with two attached hydrogens (primary N) is 1.